The summed E-state index contributed by atoms with van der Waals surface area (Å²) in [5, 5.41) is 9.13. The van der Waals surface area contributed by atoms with E-state index in [1.807, 2.05) is 30.6 Å². The highest BCUT2D eigenvalue weighted by molar-refractivity contribution is 7.13. The van der Waals surface area contributed by atoms with Gasteiger partial charge in [0, 0.05) is 26.8 Å². The molecule has 1 N–H and O–H groups in total. The Labute approximate surface area is 134 Å². The summed E-state index contributed by atoms with van der Waals surface area (Å²) >= 11 is 1.63. The number of aromatic amines is 1. The van der Waals surface area contributed by atoms with Crippen LogP contribution in [0.25, 0.3) is 10.6 Å². The highest BCUT2D eigenvalue weighted by atomic mass is 32.1. The van der Waals surface area contributed by atoms with Gasteiger partial charge in [-0.2, -0.15) is 5.10 Å². The van der Waals surface area contributed by atoms with Gasteiger partial charge in [-0.3, -0.25) is 9.89 Å². The van der Waals surface area contributed by atoms with E-state index in [1.54, 1.807) is 16.2 Å². The van der Waals surface area contributed by atoms with Crippen molar-refractivity contribution in [2.75, 3.05) is 26.8 Å². The van der Waals surface area contributed by atoms with Gasteiger partial charge in [0.2, 0.25) is 0 Å². The number of hydrogen-bond donors (Lipinski definition) is 1. The molecule has 0 bridgehead atoms. The summed E-state index contributed by atoms with van der Waals surface area (Å²) in [6.45, 7) is 4.52. The van der Waals surface area contributed by atoms with Crippen LogP contribution in [-0.2, 0) is 4.74 Å². The first-order valence-electron chi connectivity index (χ1n) is 7.50. The van der Waals surface area contributed by atoms with E-state index in [0.29, 0.717) is 5.69 Å². The molecule has 6 heteroatoms. The van der Waals surface area contributed by atoms with Crippen LogP contribution in [-0.4, -0.2) is 47.8 Å². The second-order valence-electron chi connectivity index (χ2n) is 6.23. The lowest BCUT2D eigenvalue weighted by Gasteiger charge is -2.36. The lowest BCUT2D eigenvalue weighted by Crippen LogP contribution is -2.40. The molecule has 1 saturated heterocycles. The first-order chi connectivity index (χ1) is 10.6. The van der Waals surface area contributed by atoms with E-state index in [1.165, 1.54) is 0 Å². The Morgan fingerprint density at radius 2 is 2.27 bits per heavy atom. The van der Waals surface area contributed by atoms with Crippen LogP contribution in [0.3, 0.4) is 0 Å². The molecule has 2 aromatic heterocycles. The van der Waals surface area contributed by atoms with Crippen molar-refractivity contribution in [2.45, 2.75) is 19.8 Å². The fraction of sp³-hybridized carbons (Fsp3) is 0.500. The maximum atomic E-state index is 12.6. The van der Waals surface area contributed by atoms with Gasteiger partial charge in [0.15, 0.2) is 5.69 Å². The standard InChI is InChI=1S/C16H21N3O2S/c1-16(5-7-21-8-6-16)11-19(2)15(20)13-10-12(17-18-13)14-4-3-9-22-14/h3-4,9-10H,5-8,11H2,1-2H3,(H,17,18). The van der Waals surface area contributed by atoms with Crippen LogP contribution < -0.4 is 0 Å². The number of nitrogens with one attached hydrogen (secondary N) is 1. The van der Waals surface area contributed by atoms with Gasteiger partial charge in [0.1, 0.15) is 0 Å². The third-order valence-corrected chi connectivity index (χ3v) is 5.15. The number of carbonyl (C=O) groups is 1. The Balaban J connectivity index is 1.68. The van der Waals surface area contributed by atoms with E-state index in [4.69, 9.17) is 4.74 Å². The van der Waals surface area contributed by atoms with Crippen LogP contribution in [0.5, 0.6) is 0 Å². The first-order valence-corrected chi connectivity index (χ1v) is 8.38. The number of hydrogen-bond acceptors (Lipinski definition) is 4. The number of carbonyl (C=O) groups excluding carboxylic acids is 1. The number of rotatable bonds is 4. The van der Waals surface area contributed by atoms with Gasteiger partial charge in [0.25, 0.3) is 5.91 Å². The maximum Gasteiger partial charge on any atom is 0.274 e. The van der Waals surface area contributed by atoms with E-state index in [9.17, 15) is 4.79 Å². The van der Waals surface area contributed by atoms with Crippen LogP contribution in [0.1, 0.15) is 30.3 Å². The van der Waals surface area contributed by atoms with Crippen molar-refractivity contribution in [1.82, 2.24) is 15.1 Å². The van der Waals surface area contributed by atoms with Crippen molar-refractivity contribution in [3.05, 3.63) is 29.3 Å². The molecule has 0 unspecified atom stereocenters. The molecular weight excluding hydrogens is 298 g/mol. The van der Waals surface area contributed by atoms with E-state index in [0.717, 1.165) is 43.2 Å². The van der Waals surface area contributed by atoms with Crippen LogP contribution in [0.4, 0.5) is 0 Å². The summed E-state index contributed by atoms with van der Waals surface area (Å²) in [7, 11) is 1.85. The predicted molar refractivity (Wildman–Crippen MR) is 87.0 cm³/mol. The monoisotopic (exact) mass is 319 g/mol. The van der Waals surface area contributed by atoms with Gasteiger partial charge < -0.3 is 9.64 Å². The fourth-order valence-corrected chi connectivity index (χ4v) is 3.54. The van der Waals surface area contributed by atoms with Gasteiger partial charge >= 0.3 is 0 Å². The quantitative estimate of drug-likeness (QED) is 0.942. The second-order valence-corrected chi connectivity index (χ2v) is 7.18. The molecule has 1 amide bonds. The molecule has 0 aliphatic carbocycles. The minimum absolute atomic E-state index is 0.0354. The highest BCUT2D eigenvalue weighted by Gasteiger charge is 2.30. The van der Waals surface area contributed by atoms with Crippen molar-refractivity contribution in [3.8, 4) is 10.6 Å². The van der Waals surface area contributed by atoms with Crippen molar-refractivity contribution in [2.24, 2.45) is 5.41 Å². The van der Waals surface area contributed by atoms with Gasteiger partial charge in [-0.05, 0) is 35.8 Å². The molecule has 5 nitrogen and oxygen atoms in total. The van der Waals surface area contributed by atoms with Crippen LogP contribution >= 0.6 is 11.3 Å². The number of ether oxygens (including phenoxy) is 1. The average Bonchev–Trinajstić information content (AvgIpc) is 3.17. The zero-order chi connectivity index (χ0) is 15.6. The normalized spacial score (nSPS) is 17.4. The summed E-state index contributed by atoms with van der Waals surface area (Å²) in [5.41, 5.74) is 1.50. The third kappa shape index (κ3) is 3.23. The molecule has 0 atom stereocenters. The van der Waals surface area contributed by atoms with Crippen LogP contribution in [0, 0.1) is 5.41 Å². The summed E-state index contributed by atoms with van der Waals surface area (Å²) in [6.07, 6.45) is 1.98. The molecule has 22 heavy (non-hydrogen) atoms. The summed E-state index contributed by atoms with van der Waals surface area (Å²) in [6, 6.07) is 5.83. The smallest absolute Gasteiger partial charge is 0.274 e. The van der Waals surface area contributed by atoms with Crippen molar-refractivity contribution in [3.63, 3.8) is 0 Å². The molecule has 1 fully saturated rings. The van der Waals surface area contributed by atoms with E-state index >= 15 is 0 Å². The Morgan fingerprint density at radius 3 is 2.95 bits per heavy atom. The summed E-state index contributed by atoms with van der Waals surface area (Å²) < 4.78 is 5.42. The number of thiophene rings is 1. The topological polar surface area (TPSA) is 58.2 Å². The van der Waals surface area contributed by atoms with Gasteiger partial charge in [-0.1, -0.05) is 13.0 Å². The Kier molecular flexibility index (Phi) is 4.31. The number of H-pyrrole nitrogens is 1. The Hall–Kier alpha value is -1.66. The maximum absolute atomic E-state index is 12.6. The predicted octanol–water partition coefficient (Wildman–Crippen LogP) is 3.03. The second kappa shape index (κ2) is 6.22. The number of amides is 1. The molecular formula is C16H21N3O2S. The van der Waals surface area contributed by atoms with Gasteiger partial charge in [-0.25, -0.2) is 0 Å². The van der Waals surface area contributed by atoms with Crippen molar-refractivity contribution >= 4 is 17.2 Å². The Morgan fingerprint density at radius 1 is 1.50 bits per heavy atom. The minimum Gasteiger partial charge on any atom is -0.381 e. The lowest BCUT2D eigenvalue weighted by molar-refractivity contribution is 0.00906. The van der Waals surface area contributed by atoms with Crippen LogP contribution in [0.2, 0.25) is 0 Å². The molecule has 3 rings (SSSR count). The van der Waals surface area contributed by atoms with Crippen molar-refractivity contribution in [1.29, 1.82) is 0 Å². The largest absolute Gasteiger partial charge is 0.381 e. The molecule has 3 heterocycles. The van der Waals surface area contributed by atoms with Gasteiger partial charge in [-0.15, -0.1) is 11.3 Å². The molecule has 0 radical (unpaired) electrons. The van der Waals surface area contributed by atoms with Gasteiger partial charge in [0.05, 0.1) is 10.6 Å². The molecule has 118 valence electrons. The first kappa shape index (κ1) is 15.2. The van der Waals surface area contributed by atoms with Crippen LogP contribution in [0.15, 0.2) is 23.6 Å². The van der Waals surface area contributed by atoms with E-state index < -0.39 is 0 Å². The number of nitrogens with zero attached hydrogens (tertiary/aromatic N) is 2. The molecule has 1 aliphatic heterocycles. The molecule has 0 saturated carbocycles. The zero-order valence-electron chi connectivity index (χ0n) is 13.0. The zero-order valence-corrected chi connectivity index (χ0v) is 13.8. The minimum atomic E-state index is -0.0354. The molecule has 0 spiro atoms. The lowest BCUT2D eigenvalue weighted by atomic mass is 9.82. The molecule has 0 aromatic carbocycles. The highest BCUT2D eigenvalue weighted by Crippen LogP contribution is 2.31. The number of aromatic nitrogens is 2. The summed E-state index contributed by atoms with van der Waals surface area (Å²) in [5.74, 6) is -0.0354. The molecule has 1 aliphatic rings. The summed E-state index contributed by atoms with van der Waals surface area (Å²) in [4.78, 5) is 15.4. The fourth-order valence-electron chi connectivity index (χ4n) is 2.85. The van der Waals surface area contributed by atoms with E-state index in [-0.39, 0.29) is 11.3 Å². The molecule has 2 aromatic rings. The van der Waals surface area contributed by atoms with Crippen molar-refractivity contribution < 1.29 is 9.53 Å². The third-order valence-electron chi connectivity index (χ3n) is 4.25. The van der Waals surface area contributed by atoms with E-state index in [2.05, 4.69) is 17.1 Å². The Bertz CT molecular complexity index is 630. The average molecular weight is 319 g/mol. The SMILES string of the molecule is CN(CC1(C)CCOCC1)C(=O)c1cc(-c2cccs2)[nH]n1.